The second-order valence-corrected chi connectivity index (χ2v) is 3.72. The van der Waals surface area contributed by atoms with Crippen molar-refractivity contribution in [1.29, 1.82) is 0 Å². The van der Waals surface area contributed by atoms with Gasteiger partial charge in [0.15, 0.2) is 0 Å². The van der Waals surface area contributed by atoms with Gasteiger partial charge in [0.2, 0.25) is 0 Å². The van der Waals surface area contributed by atoms with Crippen LogP contribution in [0.4, 0.5) is 0 Å². The van der Waals surface area contributed by atoms with Gasteiger partial charge in [-0.15, -0.1) is 0 Å². The number of aromatic amines is 1. The molecule has 0 saturated heterocycles. The molecule has 11 heavy (non-hydrogen) atoms. The van der Waals surface area contributed by atoms with E-state index in [1.165, 1.54) is 0 Å². The first-order valence-electron chi connectivity index (χ1n) is 3.30. The normalized spacial score (nSPS) is 16.4. The zero-order valence-electron chi connectivity index (χ0n) is 6.26. The highest BCUT2D eigenvalue weighted by Gasteiger charge is 2.21. The van der Waals surface area contributed by atoms with Crippen molar-refractivity contribution in [2.75, 3.05) is 6.61 Å². The van der Waals surface area contributed by atoms with Crippen molar-refractivity contribution in [2.45, 2.75) is 12.5 Å². The van der Waals surface area contributed by atoms with E-state index in [0.29, 0.717) is 0 Å². The molecule has 1 heterocycles. The van der Waals surface area contributed by atoms with E-state index in [4.69, 9.17) is 10.8 Å². The van der Waals surface area contributed by atoms with Crippen LogP contribution < -0.4 is 5.73 Å². The van der Waals surface area contributed by atoms with Crippen molar-refractivity contribution in [1.82, 2.24) is 4.98 Å². The van der Waals surface area contributed by atoms with Crippen molar-refractivity contribution in [3.8, 4) is 0 Å². The Labute approximate surface area is 73.7 Å². The number of hydrogen-bond acceptors (Lipinski definition) is 2. The molecule has 0 aromatic carbocycles. The third-order valence-corrected chi connectivity index (χ3v) is 2.05. The van der Waals surface area contributed by atoms with Gasteiger partial charge in [-0.3, -0.25) is 0 Å². The van der Waals surface area contributed by atoms with Gasteiger partial charge < -0.3 is 15.8 Å². The van der Waals surface area contributed by atoms with Crippen LogP contribution >= 0.6 is 15.9 Å². The Kier molecular flexibility index (Phi) is 2.37. The monoisotopic (exact) mass is 218 g/mol. The molecule has 0 saturated carbocycles. The van der Waals surface area contributed by atoms with Gasteiger partial charge in [-0.05, 0) is 28.9 Å². The zero-order chi connectivity index (χ0) is 8.48. The van der Waals surface area contributed by atoms with Gasteiger partial charge in [0.25, 0.3) is 0 Å². The molecule has 0 aliphatic carbocycles. The predicted octanol–water partition coefficient (Wildman–Crippen LogP) is 0.943. The summed E-state index contributed by atoms with van der Waals surface area (Å²) in [5.74, 6) is 0. The second kappa shape index (κ2) is 2.97. The number of H-pyrrole nitrogens is 1. The van der Waals surface area contributed by atoms with E-state index in [1.807, 2.05) is 6.07 Å². The van der Waals surface area contributed by atoms with E-state index >= 15 is 0 Å². The molecule has 3 nitrogen and oxygen atoms in total. The maximum atomic E-state index is 8.90. The van der Waals surface area contributed by atoms with Crippen LogP contribution in [0.2, 0.25) is 0 Å². The Hall–Kier alpha value is -0.320. The summed E-state index contributed by atoms with van der Waals surface area (Å²) < 4.78 is 0.942. The lowest BCUT2D eigenvalue weighted by atomic mass is 10.0. The summed E-state index contributed by atoms with van der Waals surface area (Å²) in [7, 11) is 0. The highest BCUT2D eigenvalue weighted by molar-refractivity contribution is 9.10. The average Bonchev–Trinajstić information content (AvgIpc) is 2.36. The van der Waals surface area contributed by atoms with Crippen LogP contribution in [0.3, 0.4) is 0 Å². The van der Waals surface area contributed by atoms with Crippen molar-refractivity contribution in [3.63, 3.8) is 0 Å². The molecule has 0 radical (unpaired) electrons. The molecular formula is C7H11BrN2O. The minimum absolute atomic E-state index is 0.0695. The SMILES string of the molecule is CC(N)(CO)c1cc(Br)c[nH]1. The third-order valence-electron chi connectivity index (χ3n) is 1.59. The van der Waals surface area contributed by atoms with Crippen LogP contribution in [0.25, 0.3) is 0 Å². The topological polar surface area (TPSA) is 62.0 Å². The van der Waals surface area contributed by atoms with Crippen LogP contribution in [-0.4, -0.2) is 16.7 Å². The summed E-state index contributed by atoms with van der Waals surface area (Å²) in [6.45, 7) is 1.70. The molecule has 1 unspecified atom stereocenters. The quantitative estimate of drug-likeness (QED) is 0.693. The number of halogens is 1. The largest absolute Gasteiger partial charge is 0.394 e. The Morgan fingerprint density at radius 2 is 2.45 bits per heavy atom. The molecule has 0 spiro atoms. The van der Waals surface area contributed by atoms with Gasteiger partial charge in [0.1, 0.15) is 0 Å². The van der Waals surface area contributed by atoms with Gasteiger partial charge in [0, 0.05) is 16.4 Å². The summed E-state index contributed by atoms with van der Waals surface area (Å²) in [4.78, 5) is 2.96. The average molecular weight is 219 g/mol. The van der Waals surface area contributed by atoms with Crippen molar-refractivity contribution < 1.29 is 5.11 Å². The Bertz CT molecular complexity index is 244. The highest BCUT2D eigenvalue weighted by Crippen LogP contribution is 2.19. The Morgan fingerprint density at radius 1 is 1.82 bits per heavy atom. The van der Waals surface area contributed by atoms with E-state index in [1.54, 1.807) is 13.1 Å². The van der Waals surface area contributed by atoms with Crippen LogP contribution in [-0.2, 0) is 5.54 Å². The smallest absolute Gasteiger partial charge is 0.0767 e. The number of rotatable bonds is 2. The predicted molar refractivity (Wildman–Crippen MR) is 47.1 cm³/mol. The lowest BCUT2D eigenvalue weighted by Crippen LogP contribution is -2.37. The molecular weight excluding hydrogens is 208 g/mol. The molecule has 0 amide bonds. The maximum absolute atomic E-state index is 8.90. The molecule has 4 N–H and O–H groups in total. The molecule has 0 aliphatic rings. The fourth-order valence-corrected chi connectivity index (χ4v) is 1.13. The molecule has 0 bridgehead atoms. The molecule has 4 heteroatoms. The minimum atomic E-state index is -0.675. The first-order valence-corrected chi connectivity index (χ1v) is 4.10. The van der Waals surface area contributed by atoms with Crippen LogP contribution in [0.5, 0.6) is 0 Å². The van der Waals surface area contributed by atoms with Gasteiger partial charge in [-0.1, -0.05) is 0 Å². The van der Waals surface area contributed by atoms with E-state index in [9.17, 15) is 0 Å². The van der Waals surface area contributed by atoms with Gasteiger partial charge >= 0.3 is 0 Å². The van der Waals surface area contributed by atoms with Crippen LogP contribution in [0, 0.1) is 0 Å². The first-order chi connectivity index (χ1) is 5.06. The molecule has 62 valence electrons. The maximum Gasteiger partial charge on any atom is 0.0767 e. The molecule has 1 rings (SSSR count). The highest BCUT2D eigenvalue weighted by atomic mass is 79.9. The summed E-state index contributed by atoms with van der Waals surface area (Å²) in [6.07, 6.45) is 1.79. The van der Waals surface area contributed by atoms with E-state index < -0.39 is 5.54 Å². The number of nitrogens with one attached hydrogen (secondary N) is 1. The minimum Gasteiger partial charge on any atom is -0.394 e. The first kappa shape index (κ1) is 8.77. The van der Waals surface area contributed by atoms with Gasteiger partial charge in [0.05, 0.1) is 12.1 Å². The summed E-state index contributed by atoms with van der Waals surface area (Å²) >= 11 is 3.29. The number of aliphatic hydroxyl groups is 1. The molecule has 1 atom stereocenters. The van der Waals surface area contributed by atoms with Crippen LogP contribution in [0.15, 0.2) is 16.7 Å². The molecule has 1 aromatic heterocycles. The molecule has 1 aromatic rings. The number of aliphatic hydroxyl groups excluding tert-OH is 1. The fraction of sp³-hybridized carbons (Fsp3) is 0.429. The third kappa shape index (κ3) is 1.83. The van der Waals surface area contributed by atoms with E-state index in [2.05, 4.69) is 20.9 Å². The lowest BCUT2D eigenvalue weighted by molar-refractivity contribution is 0.207. The van der Waals surface area contributed by atoms with E-state index in [0.717, 1.165) is 10.2 Å². The van der Waals surface area contributed by atoms with Crippen molar-refractivity contribution in [3.05, 3.63) is 22.4 Å². The summed E-state index contributed by atoms with van der Waals surface area (Å²) in [6, 6.07) is 1.86. The zero-order valence-corrected chi connectivity index (χ0v) is 7.85. The van der Waals surface area contributed by atoms with E-state index in [-0.39, 0.29) is 6.61 Å². The fourth-order valence-electron chi connectivity index (χ4n) is 0.783. The number of hydrogen-bond donors (Lipinski definition) is 3. The number of aromatic nitrogens is 1. The molecule has 0 fully saturated rings. The Morgan fingerprint density at radius 3 is 2.82 bits per heavy atom. The standard InChI is InChI=1S/C7H11BrN2O/c1-7(9,4-11)6-2-5(8)3-10-6/h2-3,10-11H,4,9H2,1H3. The van der Waals surface area contributed by atoms with Crippen molar-refractivity contribution >= 4 is 15.9 Å². The van der Waals surface area contributed by atoms with Crippen molar-refractivity contribution in [2.24, 2.45) is 5.73 Å². The Balaban J connectivity index is 2.92. The number of nitrogens with two attached hydrogens (primary N) is 1. The summed E-state index contributed by atoms with van der Waals surface area (Å²) in [5, 5.41) is 8.90. The van der Waals surface area contributed by atoms with Gasteiger partial charge in [-0.25, -0.2) is 0 Å². The summed E-state index contributed by atoms with van der Waals surface area (Å²) in [5.41, 5.74) is 5.90. The molecule has 0 aliphatic heterocycles. The lowest BCUT2D eigenvalue weighted by Gasteiger charge is -2.19. The van der Waals surface area contributed by atoms with Crippen LogP contribution in [0.1, 0.15) is 12.6 Å². The van der Waals surface area contributed by atoms with Gasteiger partial charge in [-0.2, -0.15) is 0 Å². The second-order valence-electron chi connectivity index (χ2n) is 2.81.